The molecule has 0 bridgehead atoms. The Kier molecular flexibility index (Phi) is 4.60. The summed E-state index contributed by atoms with van der Waals surface area (Å²) >= 11 is 1.74. The Morgan fingerprint density at radius 3 is 2.70 bits per heavy atom. The highest BCUT2D eigenvalue weighted by molar-refractivity contribution is 7.13. The maximum absolute atomic E-state index is 5.99. The third-order valence-electron chi connectivity index (χ3n) is 4.85. The van der Waals surface area contributed by atoms with Crippen LogP contribution in [0.2, 0.25) is 0 Å². The molecule has 2 atom stereocenters. The first-order valence-corrected chi connectivity index (χ1v) is 9.35. The summed E-state index contributed by atoms with van der Waals surface area (Å²) in [6.07, 6.45) is 5.56. The monoisotopic (exact) mass is 329 g/mol. The van der Waals surface area contributed by atoms with E-state index in [-0.39, 0.29) is 6.10 Å². The van der Waals surface area contributed by atoms with Gasteiger partial charge in [0.15, 0.2) is 5.13 Å². The molecule has 2 aliphatic rings. The van der Waals surface area contributed by atoms with E-state index in [2.05, 4.69) is 50.9 Å². The van der Waals surface area contributed by atoms with E-state index in [4.69, 9.17) is 4.74 Å². The first-order chi connectivity index (χ1) is 11.4. The van der Waals surface area contributed by atoms with Crippen LogP contribution in [0.4, 0.5) is 5.13 Å². The van der Waals surface area contributed by atoms with E-state index in [1.54, 1.807) is 11.3 Å². The summed E-state index contributed by atoms with van der Waals surface area (Å²) in [7, 11) is 0. The van der Waals surface area contributed by atoms with Crippen molar-refractivity contribution in [1.82, 2.24) is 10.3 Å². The fraction of sp³-hybridized carbons (Fsp3) is 0.500. The minimum atomic E-state index is 0.202. The van der Waals surface area contributed by atoms with Gasteiger partial charge in [0.1, 0.15) is 0 Å². The molecule has 1 N–H and O–H groups in total. The molecule has 0 spiro atoms. The van der Waals surface area contributed by atoms with Crippen molar-refractivity contribution in [3.05, 3.63) is 47.5 Å². The number of nitrogens with one attached hydrogen (secondary N) is 1. The van der Waals surface area contributed by atoms with Crippen molar-refractivity contribution in [3.8, 4) is 0 Å². The number of anilines is 1. The lowest BCUT2D eigenvalue weighted by Gasteiger charge is -2.34. The minimum absolute atomic E-state index is 0.202. The zero-order chi connectivity index (χ0) is 15.5. The van der Waals surface area contributed by atoms with Gasteiger partial charge in [0.25, 0.3) is 0 Å². The van der Waals surface area contributed by atoms with Crippen molar-refractivity contribution in [2.45, 2.75) is 37.5 Å². The fourth-order valence-corrected chi connectivity index (χ4v) is 4.34. The lowest BCUT2D eigenvalue weighted by Crippen LogP contribution is -2.47. The molecule has 2 aromatic rings. The number of piperidine rings is 1. The Morgan fingerprint density at radius 1 is 1.13 bits per heavy atom. The summed E-state index contributed by atoms with van der Waals surface area (Å²) in [5, 5.41) is 7.08. The van der Waals surface area contributed by atoms with E-state index in [0.717, 1.165) is 31.2 Å². The molecule has 3 heterocycles. The summed E-state index contributed by atoms with van der Waals surface area (Å²) in [5.74, 6) is 0. The summed E-state index contributed by atoms with van der Waals surface area (Å²) < 4.78 is 5.99. The zero-order valence-corrected chi connectivity index (χ0v) is 14.0. The Labute approximate surface area is 141 Å². The Balaban J connectivity index is 1.34. The average molecular weight is 329 g/mol. The van der Waals surface area contributed by atoms with Crippen molar-refractivity contribution in [2.75, 3.05) is 24.6 Å². The van der Waals surface area contributed by atoms with Crippen LogP contribution in [0.15, 0.2) is 41.9 Å². The van der Waals surface area contributed by atoms with Crippen LogP contribution in [0.3, 0.4) is 0 Å². The van der Waals surface area contributed by atoms with Crippen molar-refractivity contribution >= 4 is 16.5 Å². The van der Waals surface area contributed by atoms with E-state index in [9.17, 15) is 0 Å². The molecule has 0 radical (unpaired) electrons. The highest BCUT2D eigenvalue weighted by atomic mass is 32.1. The quantitative estimate of drug-likeness (QED) is 0.934. The number of nitrogens with zero attached hydrogens (tertiary/aromatic N) is 2. The second kappa shape index (κ2) is 6.99. The van der Waals surface area contributed by atoms with Gasteiger partial charge in [0.2, 0.25) is 0 Å². The Bertz CT molecular complexity index is 596. The topological polar surface area (TPSA) is 37.4 Å². The molecule has 0 aliphatic carbocycles. The van der Waals surface area contributed by atoms with Gasteiger partial charge in [0, 0.05) is 43.4 Å². The molecule has 0 unspecified atom stereocenters. The smallest absolute Gasteiger partial charge is 0.185 e. The SMILES string of the molecule is c1ccc([C@@H]2OCC[C@H]2NC2CCN(c3nccs3)CC2)cc1. The standard InChI is InChI=1S/C18H23N3OS/c1-2-4-14(5-3-1)17-16(8-12-22-17)20-15-6-10-21(11-7-15)18-19-9-13-23-18/h1-5,9,13,15-17,20H,6-8,10-12H2/t16-,17+/m1/s1. The number of aromatic nitrogens is 1. The first-order valence-electron chi connectivity index (χ1n) is 8.47. The molecular formula is C18H23N3OS. The molecule has 4 rings (SSSR count). The van der Waals surface area contributed by atoms with Gasteiger partial charge in [-0.15, -0.1) is 11.3 Å². The lowest BCUT2D eigenvalue weighted by atomic mass is 9.98. The van der Waals surface area contributed by atoms with Gasteiger partial charge in [-0.3, -0.25) is 0 Å². The molecule has 2 aliphatic heterocycles. The van der Waals surface area contributed by atoms with Crippen LogP contribution in [0, 0.1) is 0 Å². The lowest BCUT2D eigenvalue weighted by molar-refractivity contribution is 0.0954. The van der Waals surface area contributed by atoms with Crippen LogP contribution in [0.5, 0.6) is 0 Å². The summed E-state index contributed by atoms with van der Waals surface area (Å²) in [4.78, 5) is 6.83. The third kappa shape index (κ3) is 3.42. The second-order valence-corrected chi connectivity index (χ2v) is 7.21. The number of hydrogen-bond donors (Lipinski definition) is 1. The molecule has 1 aromatic heterocycles. The van der Waals surface area contributed by atoms with Crippen molar-refractivity contribution < 1.29 is 4.74 Å². The molecule has 2 fully saturated rings. The molecular weight excluding hydrogens is 306 g/mol. The van der Waals surface area contributed by atoms with Crippen LogP contribution in [-0.2, 0) is 4.74 Å². The molecule has 23 heavy (non-hydrogen) atoms. The highest BCUT2D eigenvalue weighted by Gasteiger charge is 2.32. The number of ether oxygens (including phenoxy) is 1. The first kappa shape index (κ1) is 15.1. The van der Waals surface area contributed by atoms with Gasteiger partial charge in [0.05, 0.1) is 6.10 Å². The molecule has 2 saturated heterocycles. The Morgan fingerprint density at radius 2 is 1.96 bits per heavy atom. The van der Waals surface area contributed by atoms with Gasteiger partial charge in [-0.05, 0) is 24.8 Å². The van der Waals surface area contributed by atoms with E-state index in [0.29, 0.717) is 12.1 Å². The predicted molar refractivity (Wildman–Crippen MR) is 94.0 cm³/mol. The minimum Gasteiger partial charge on any atom is -0.372 e. The number of rotatable bonds is 4. The van der Waals surface area contributed by atoms with Gasteiger partial charge < -0.3 is 15.0 Å². The van der Waals surface area contributed by atoms with Crippen molar-refractivity contribution in [1.29, 1.82) is 0 Å². The zero-order valence-electron chi connectivity index (χ0n) is 13.2. The molecule has 1 aromatic carbocycles. The molecule has 0 amide bonds. The molecule has 5 heteroatoms. The largest absolute Gasteiger partial charge is 0.372 e. The average Bonchev–Trinajstić information content (AvgIpc) is 3.28. The maximum Gasteiger partial charge on any atom is 0.185 e. The van der Waals surface area contributed by atoms with E-state index in [1.807, 2.05) is 6.20 Å². The van der Waals surface area contributed by atoms with E-state index in [1.165, 1.54) is 18.4 Å². The fourth-order valence-electron chi connectivity index (χ4n) is 3.64. The summed E-state index contributed by atoms with van der Waals surface area (Å²) in [6, 6.07) is 11.6. The van der Waals surface area contributed by atoms with Crippen LogP contribution < -0.4 is 10.2 Å². The predicted octanol–water partition coefficient (Wildman–Crippen LogP) is 3.23. The van der Waals surface area contributed by atoms with E-state index >= 15 is 0 Å². The normalized spacial score (nSPS) is 25.8. The van der Waals surface area contributed by atoms with Crippen molar-refractivity contribution in [3.63, 3.8) is 0 Å². The molecule has 4 nitrogen and oxygen atoms in total. The summed E-state index contributed by atoms with van der Waals surface area (Å²) in [5.41, 5.74) is 1.29. The highest BCUT2D eigenvalue weighted by Crippen LogP contribution is 2.30. The summed E-state index contributed by atoms with van der Waals surface area (Å²) in [6.45, 7) is 3.04. The third-order valence-corrected chi connectivity index (χ3v) is 5.69. The van der Waals surface area contributed by atoms with Crippen LogP contribution >= 0.6 is 11.3 Å². The maximum atomic E-state index is 5.99. The van der Waals surface area contributed by atoms with Crippen LogP contribution in [-0.4, -0.2) is 36.8 Å². The van der Waals surface area contributed by atoms with Crippen LogP contribution in [0.25, 0.3) is 0 Å². The number of benzene rings is 1. The van der Waals surface area contributed by atoms with Gasteiger partial charge in [-0.25, -0.2) is 4.98 Å². The van der Waals surface area contributed by atoms with Gasteiger partial charge in [-0.2, -0.15) is 0 Å². The van der Waals surface area contributed by atoms with E-state index < -0.39 is 0 Å². The molecule has 0 saturated carbocycles. The van der Waals surface area contributed by atoms with Gasteiger partial charge >= 0.3 is 0 Å². The van der Waals surface area contributed by atoms with Crippen LogP contribution in [0.1, 0.15) is 30.9 Å². The Hall–Kier alpha value is -1.43. The number of thiazole rings is 1. The van der Waals surface area contributed by atoms with Crippen molar-refractivity contribution in [2.24, 2.45) is 0 Å². The molecule has 122 valence electrons. The second-order valence-electron chi connectivity index (χ2n) is 6.34. The van der Waals surface area contributed by atoms with Gasteiger partial charge in [-0.1, -0.05) is 30.3 Å². The number of hydrogen-bond acceptors (Lipinski definition) is 5.